The Hall–Kier alpha value is 1.48. The molecular weight excluding hydrogens is 268 g/mol. The zero-order valence-corrected chi connectivity index (χ0v) is 7.36. The van der Waals surface area contributed by atoms with Crippen LogP contribution >= 0.6 is 20.4 Å². The van der Waals surface area contributed by atoms with Crippen LogP contribution in [0.4, 0.5) is 0 Å². The molecular formula is HCl2Ni2O3S. The van der Waals surface area contributed by atoms with E-state index in [9.17, 15) is 0 Å². The van der Waals surface area contributed by atoms with E-state index in [1.54, 1.807) is 0 Å². The summed E-state index contributed by atoms with van der Waals surface area (Å²) in [4.78, 5) is 0. The summed E-state index contributed by atoms with van der Waals surface area (Å²) < 4.78 is 25.4. The molecule has 0 aliphatic heterocycles. The Bertz CT molecular complexity index is 109. The van der Waals surface area contributed by atoms with Crippen LogP contribution in [0.15, 0.2) is 0 Å². The van der Waals surface area contributed by atoms with Crippen LogP contribution in [0.3, 0.4) is 0 Å². The van der Waals surface area contributed by atoms with Gasteiger partial charge in [0.1, 0.15) is 0 Å². The van der Waals surface area contributed by atoms with Crippen molar-refractivity contribution in [3.8, 4) is 0 Å². The van der Waals surface area contributed by atoms with Crippen LogP contribution in [0.2, 0.25) is 0 Å². The van der Waals surface area contributed by atoms with Crippen molar-refractivity contribution < 1.29 is 40.0 Å². The maximum absolute atomic E-state index is 9.02. The van der Waals surface area contributed by atoms with Gasteiger partial charge in [0.15, 0.2) is 0 Å². The molecule has 0 unspecified atom stereocenters. The average Bonchev–Trinajstić information content (AvgIpc) is 1.27. The second-order valence-corrected chi connectivity index (χ2v) is 4.35. The van der Waals surface area contributed by atoms with E-state index in [4.69, 9.17) is 33.4 Å². The summed E-state index contributed by atoms with van der Waals surface area (Å²) in [6.45, 7) is 0. The second-order valence-electron chi connectivity index (χ2n) is 0.425. The van der Waals surface area contributed by atoms with Crippen molar-refractivity contribution in [1.82, 2.24) is 0 Å². The summed E-state index contributed by atoms with van der Waals surface area (Å²) in [6.07, 6.45) is 0. The van der Waals surface area contributed by atoms with E-state index < -0.39 is 8.64 Å². The van der Waals surface area contributed by atoms with Crippen LogP contribution in [0.1, 0.15) is 0 Å². The monoisotopic (exact) mass is 267 g/mol. The molecule has 0 fully saturated rings. The molecule has 0 heterocycles. The molecule has 0 rings (SSSR count). The van der Waals surface area contributed by atoms with E-state index in [0.717, 1.165) is 0 Å². The van der Waals surface area contributed by atoms with E-state index in [-0.39, 0.29) is 0 Å². The zero-order valence-electron chi connectivity index (χ0n) is 3.06. The molecule has 3 nitrogen and oxygen atoms in total. The van der Waals surface area contributed by atoms with Gasteiger partial charge in [-0.2, -0.15) is 0 Å². The molecule has 0 saturated carbocycles. The minimum absolute atomic E-state index is 0.569. The molecule has 0 aliphatic carbocycles. The van der Waals surface area contributed by atoms with Crippen LogP contribution in [-0.4, -0.2) is 13.0 Å². The van der Waals surface area contributed by atoms with Crippen molar-refractivity contribution in [2.75, 3.05) is 0 Å². The first-order valence-electron chi connectivity index (χ1n) is 0.884. The molecule has 0 aromatic rings. The summed E-state index contributed by atoms with van der Waals surface area (Å²) in [5.41, 5.74) is 0. The van der Waals surface area contributed by atoms with Gasteiger partial charge in [0.25, 0.3) is 0 Å². The number of rotatable bonds is 0. The standard InChI is InChI=1S/2ClH.2Ni.HO3S/c;;;;1-4(2)3/h2*1H;;;(H,1,2,3)/q;;;+2;/p-2. The summed E-state index contributed by atoms with van der Waals surface area (Å²) in [5.74, 6) is 0. The van der Waals surface area contributed by atoms with Gasteiger partial charge in [-0.15, -0.1) is 0 Å². The molecule has 0 amide bonds. The fraction of sp³-hybridized carbons (Fsp3) is 0. The molecule has 0 aromatic heterocycles. The van der Waals surface area contributed by atoms with Gasteiger partial charge in [-0.1, -0.05) is 0 Å². The van der Waals surface area contributed by atoms with Gasteiger partial charge in [0.2, 0.25) is 0 Å². The Morgan fingerprint density at radius 1 is 1.50 bits per heavy atom. The molecule has 0 aliphatic rings. The topological polar surface area (TPSA) is 54.4 Å². The number of hydrogen-bond donors (Lipinski definition) is 1. The number of halogens is 2. The molecule has 8 heteroatoms. The van der Waals surface area contributed by atoms with Gasteiger partial charge in [-0.25, -0.2) is 0 Å². The second kappa shape index (κ2) is 6.59. The van der Waals surface area contributed by atoms with E-state index in [1.165, 1.54) is 0 Å². The Labute approximate surface area is 68.7 Å². The fourth-order valence-corrected chi connectivity index (χ4v) is 0. The van der Waals surface area contributed by atoms with Gasteiger partial charge >= 0.3 is 69.0 Å². The Morgan fingerprint density at radius 2 is 1.50 bits per heavy atom. The van der Waals surface area contributed by atoms with E-state index in [0.29, 0.717) is 12.7 Å². The van der Waals surface area contributed by atoms with Crippen molar-refractivity contribution in [3.05, 3.63) is 0 Å². The molecule has 8 heavy (non-hydrogen) atoms. The van der Waals surface area contributed by atoms with Gasteiger partial charge in [-0.05, 0) is 0 Å². The Kier molecular flexibility index (Phi) is 10.0. The molecule has 0 saturated heterocycles. The van der Waals surface area contributed by atoms with Gasteiger partial charge in [-0.3, -0.25) is 0 Å². The molecule has 0 aromatic carbocycles. The fourth-order valence-electron chi connectivity index (χ4n) is 0. The van der Waals surface area contributed by atoms with Gasteiger partial charge in [0, 0.05) is 0 Å². The van der Waals surface area contributed by atoms with Crippen molar-refractivity contribution in [2.24, 2.45) is 0 Å². The zero-order chi connectivity index (χ0) is 7.21. The first-order valence-corrected chi connectivity index (χ1v) is 6.10. The SMILES string of the molecule is O=[S](=O)(O)[Ni].[Cl][Ni][Cl]. The van der Waals surface area contributed by atoms with Gasteiger partial charge in [0.05, 0.1) is 0 Å². The van der Waals surface area contributed by atoms with Crippen LogP contribution in [0.25, 0.3) is 0 Å². The molecule has 0 radical (unpaired) electrons. The third-order valence-electron chi connectivity index (χ3n) is 0. The van der Waals surface area contributed by atoms with Crippen LogP contribution in [0, 0.1) is 0 Å². The first kappa shape index (κ1) is 12.2. The first-order chi connectivity index (χ1) is 3.41. The third-order valence-corrected chi connectivity index (χ3v) is 0. The summed E-state index contributed by atoms with van der Waals surface area (Å²) in [6, 6.07) is 0. The van der Waals surface area contributed by atoms with E-state index >= 15 is 0 Å². The predicted octanol–water partition coefficient (Wildman–Crippen LogP) is 0.713. The number of hydrogen-bond acceptors (Lipinski definition) is 2. The van der Waals surface area contributed by atoms with Crippen molar-refractivity contribution in [1.29, 1.82) is 0 Å². The van der Waals surface area contributed by atoms with Crippen molar-refractivity contribution in [2.45, 2.75) is 0 Å². The molecule has 0 spiro atoms. The minimum atomic E-state index is -4.04. The van der Waals surface area contributed by atoms with Gasteiger partial charge < -0.3 is 0 Å². The predicted molar refractivity (Wildman–Crippen MR) is 23.3 cm³/mol. The summed E-state index contributed by atoms with van der Waals surface area (Å²) >= 11 is 3.66. The summed E-state index contributed by atoms with van der Waals surface area (Å²) in [7, 11) is 5.36. The quantitative estimate of drug-likeness (QED) is 0.520. The average molecular weight is 269 g/mol. The van der Waals surface area contributed by atoms with Crippen molar-refractivity contribution >= 4 is 29.0 Å². The van der Waals surface area contributed by atoms with E-state index in [1.807, 2.05) is 0 Å². The van der Waals surface area contributed by atoms with E-state index in [2.05, 4.69) is 14.4 Å². The Balaban J connectivity index is 0. The molecule has 0 bridgehead atoms. The molecule has 1 N–H and O–H groups in total. The Morgan fingerprint density at radius 3 is 1.50 bits per heavy atom. The molecule has 59 valence electrons. The third kappa shape index (κ3) is 144. The molecule has 0 atom stereocenters. The van der Waals surface area contributed by atoms with Crippen LogP contribution in [-0.2, 0) is 35.7 Å². The normalized spacial score (nSPS) is 10.1. The van der Waals surface area contributed by atoms with Crippen LogP contribution in [0.5, 0.6) is 0 Å². The van der Waals surface area contributed by atoms with Crippen LogP contribution < -0.4 is 0 Å². The van der Waals surface area contributed by atoms with Crippen molar-refractivity contribution in [3.63, 3.8) is 0 Å². The maximum atomic E-state index is 9.02. The summed E-state index contributed by atoms with van der Waals surface area (Å²) in [5, 5.41) is 0.